The zero-order valence-electron chi connectivity index (χ0n) is 12.3. The van der Waals surface area contributed by atoms with Gasteiger partial charge in [0.2, 0.25) is 5.95 Å². The number of alkyl halides is 1. The smallest absolute Gasteiger partial charge is 0.229 e. The Bertz CT molecular complexity index is 596. The predicted octanol–water partition coefficient (Wildman–Crippen LogP) is 2.51. The lowest BCUT2D eigenvalue weighted by Crippen LogP contribution is -2.22. The van der Waals surface area contributed by atoms with Crippen molar-refractivity contribution in [1.29, 1.82) is 0 Å². The molecule has 0 bridgehead atoms. The average Bonchev–Trinajstić information content (AvgIpc) is 3.03. The average molecular weight is 301 g/mol. The van der Waals surface area contributed by atoms with Crippen LogP contribution in [0.25, 0.3) is 0 Å². The summed E-state index contributed by atoms with van der Waals surface area (Å²) in [5.74, 6) is 1.37. The number of aryl methyl sites for hydroxylation is 1. The fourth-order valence-corrected chi connectivity index (χ4v) is 2.48. The van der Waals surface area contributed by atoms with Crippen LogP contribution in [0.15, 0.2) is 36.5 Å². The summed E-state index contributed by atoms with van der Waals surface area (Å²) in [5.41, 5.74) is 1.88. The van der Waals surface area contributed by atoms with Gasteiger partial charge in [0.1, 0.15) is 5.82 Å². The highest BCUT2D eigenvalue weighted by Gasteiger charge is 2.14. The van der Waals surface area contributed by atoms with Gasteiger partial charge in [-0.15, -0.1) is 0 Å². The van der Waals surface area contributed by atoms with E-state index in [1.54, 1.807) is 6.20 Å². The predicted molar refractivity (Wildman–Crippen MR) is 86.3 cm³/mol. The van der Waals surface area contributed by atoms with Crippen LogP contribution in [-0.4, -0.2) is 35.8 Å². The minimum Gasteiger partial charge on any atom is -0.366 e. The van der Waals surface area contributed by atoms with Crippen molar-refractivity contribution in [2.24, 2.45) is 0 Å². The molecule has 3 N–H and O–H groups in total. The number of rotatable bonds is 6. The quantitative estimate of drug-likeness (QED) is 0.765. The first-order valence-electron chi connectivity index (χ1n) is 7.56. The van der Waals surface area contributed by atoms with Gasteiger partial charge in [-0.05, 0) is 36.7 Å². The van der Waals surface area contributed by atoms with Crippen LogP contribution in [0.1, 0.15) is 12.0 Å². The molecule has 3 rings (SSSR count). The van der Waals surface area contributed by atoms with Gasteiger partial charge in [-0.1, -0.05) is 12.1 Å². The minimum absolute atomic E-state index is 0.334. The Labute approximate surface area is 129 Å². The van der Waals surface area contributed by atoms with E-state index in [4.69, 9.17) is 0 Å². The van der Waals surface area contributed by atoms with Crippen molar-refractivity contribution in [3.05, 3.63) is 42.1 Å². The van der Waals surface area contributed by atoms with E-state index < -0.39 is 0 Å². The molecule has 1 aromatic heterocycles. The SMILES string of the molecule is FCCc1ccc(Nc2nccc(NC3CCNC3)n2)cc1. The lowest BCUT2D eigenvalue weighted by Gasteiger charge is -2.13. The van der Waals surface area contributed by atoms with Crippen LogP contribution in [0.3, 0.4) is 0 Å². The Balaban J connectivity index is 1.64. The monoisotopic (exact) mass is 301 g/mol. The second kappa shape index (κ2) is 7.17. The van der Waals surface area contributed by atoms with Crippen molar-refractivity contribution < 1.29 is 4.39 Å². The van der Waals surface area contributed by atoms with E-state index in [9.17, 15) is 4.39 Å². The van der Waals surface area contributed by atoms with Crippen molar-refractivity contribution in [3.63, 3.8) is 0 Å². The molecule has 0 aliphatic carbocycles. The van der Waals surface area contributed by atoms with Crippen molar-refractivity contribution in [3.8, 4) is 0 Å². The maximum atomic E-state index is 12.3. The molecule has 1 unspecified atom stereocenters. The Morgan fingerprint density at radius 1 is 1.23 bits per heavy atom. The topological polar surface area (TPSA) is 61.9 Å². The van der Waals surface area contributed by atoms with E-state index in [-0.39, 0.29) is 6.67 Å². The lowest BCUT2D eigenvalue weighted by atomic mass is 10.1. The summed E-state index contributed by atoms with van der Waals surface area (Å²) in [7, 11) is 0. The molecule has 1 fully saturated rings. The third-order valence-electron chi connectivity index (χ3n) is 3.66. The molecule has 1 aromatic carbocycles. The molecule has 5 nitrogen and oxygen atoms in total. The fraction of sp³-hybridized carbons (Fsp3) is 0.375. The first-order chi connectivity index (χ1) is 10.8. The van der Waals surface area contributed by atoms with Gasteiger partial charge in [-0.25, -0.2) is 4.98 Å². The van der Waals surface area contributed by atoms with E-state index in [1.807, 2.05) is 30.3 Å². The van der Waals surface area contributed by atoms with E-state index in [0.717, 1.165) is 36.6 Å². The molecule has 6 heteroatoms. The second-order valence-electron chi connectivity index (χ2n) is 5.36. The summed E-state index contributed by atoms with van der Waals surface area (Å²) in [6.45, 7) is 1.67. The van der Waals surface area contributed by atoms with Crippen LogP contribution in [0.2, 0.25) is 0 Å². The molecule has 2 aromatic rings. The first-order valence-corrected chi connectivity index (χ1v) is 7.56. The summed E-state index contributed by atoms with van der Waals surface area (Å²) >= 11 is 0. The van der Waals surface area contributed by atoms with E-state index >= 15 is 0 Å². The molecule has 2 heterocycles. The van der Waals surface area contributed by atoms with Gasteiger partial charge < -0.3 is 16.0 Å². The normalized spacial score (nSPS) is 17.4. The zero-order chi connectivity index (χ0) is 15.2. The van der Waals surface area contributed by atoms with Crippen molar-refractivity contribution >= 4 is 17.5 Å². The van der Waals surface area contributed by atoms with Crippen LogP contribution in [0.4, 0.5) is 21.8 Å². The number of hydrogen-bond acceptors (Lipinski definition) is 5. The highest BCUT2D eigenvalue weighted by Crippen LogP contribution is 2.16. The molecule has 0 amide bonds. The van der Waals surface area contributed by atoms with Gasteiger partial charge in [0.15, 0.2) is 0 Å². The van der Waals surface area contributed by atoms with Gasteiger partial charge >= 0.3 is 0 Å². The van der Waals surface area contributed by atoms with Gasteiger partial charge in [0, 0.05) is 30.9 Å². The number of halogens is 1. The van der Waals surface area contributed by atoms with E-state index in [1.165, 1.54) is 0 Å². The van der Waals surface area contributed by atoms with Crippen LogP contribution in [-0.2, 0) is 6.42 Å². The van der Waals surface area contributed by atoms with Crippen LogP contribution >= 0.6 is 0 Å². The van der Waals surface area contributed by atoms with Crippen molar-refractivity contribution in [1.82, 2.24) is 15.3 Å². The molecular weight excluding hydrogens is 281 g/mol. The highest BCUT2D eigenvalue weighted by molar-refractivity contribution is 5.55. The largest absolute Gasteiger partial charge is 0.366 e. The van der Waals surface area contributed by atoms with E-state index in [2.05, 4.69) is 25.9 Å². The molecule has 0 saturated carbocycles. The molecule has 116 valence electrons. The van der Waals surface area contributed by atoms with Crippen molar-refractivity contribution in [2.75, 3.05) is 30.4 Å². The molecule has 1 aliphatic rings. The third kappa shape index (κ3) is 3.92. The highest BCUT2D eigenvalue weighted by atomic mass is 19.1. The standard InChI is InChI=1S/C16H20FN5/c17-8-5-12-1-3-13(4-2-12)21-16-19-10-7-15(22-16)20-14-6-9-18-11-14/h1-4,7,10,14,18H,5-6,8-9,11H2,(H2,19,20,21,22). The van der Waals surface area contributed by atoms with Gasteiger partial charge in [0.25, 0.3) is 0 Å². The summed E-state index contributed by atoms with van der Waals surface area (Å²) in [5, 5.41) is 9.88. The number of anilines is 3. The maximum Gasteiger partial charge on any atom is 0.229 e. The molecule has 1 aliphatic heterocycles. The van der Waals surface area contributed by atoms with Crippen LogP contribution < -0.4 is 16.0 Å². The molecule has 1 saturated heterocycles. The molecule has 0 spiro atoms. The molecular formula is C16H20FN5. The number of nitrogens with one attached hydrogen (secondary N) is 3. The molecule has 22 heavy (non-hydrogen) atoms. The first kappa shape index (κ1) is 14.7. The lowest BCUT2D eigenvalue weighted by molar-refractivity contribution is 0.495. The second-order valence-corrected chi connectivity index (χ2v) is 5.36. The number of nitrogens with zero attached hydrogens (tertiary/aromatic N) is 2. The number of hydrogen-bond donors (Lipinski definition) is 3. The number of benzene rings is 1. The fourth-order valence-electron chi connectivity index (χ4n) is 2.48. The van der Waals surface area contributed by atoms with Crippen LogP contribution in [0, 0.1) is 0 Å². The van der Waals surface area contributed by atoms with Crippen LogP contribution in [0.5, 0.6) is 0 Å². The third-order valence-corrected chi connectivity index (χ3v) is 3.66. The van der Waals surface area contributed by atoms with E-state index in [0.29, 0.717) is 18.4 Å². The summed E-state index contributed by atoms with van der Waals surface area (Å²) in [6, 6.07) is 9.93. The summed E-state index contributed by atoms with van der Waals surface area (Å²) < 4.78 is 12.3. The Morgan fingerprint density at radius 3 is 2.82 bits per heavy atom. The summed E-state index contributed by atoms with van der Waals surface area (Å²) in [6.07, 6.45) is 3.28. The van der Waals surface area contributed by atoms with Gasteiger partial charge in [0.05, 0.1) is 6.67 Å². The molecule has 0 radical (unpaired) electrons. The maximum absolute atomic E-state index is 12.3. The minimum atomic E-state index is -0.334. The Kier molecular flexibility index (Phi) is 4.80. The summed E-state index contributed by atoms with van der Waals surface area (Å²) in [4.78, 5) is 8.70. The Morgan fingerprint density at radius 2 is 2.09 bits per heavy atom. The van der Waals surface area contributed by atoms with Crippen molar-refractivity contribution in [2.45, 2.75) is 18.9 Å². The number of aromatic nitrogens is 2. The zero-order valence-corrected chi connectivity index (χ0v) is 12.3. The Hall–Kier alpha value is -2.21. The van der Waals surface area contributed by atoms with Gasteiger partial charge in [-0.3, -0.25) is 4.39 Å². The van der Waals surface area contributed by atoms with Gasteiger partial charge in [-0.2, -0.15) is 4.98 Å². The molecule has 1 atom stereocenters.